The van der Waals surface area contributed by atoms with Crippen molar-refractivity contribution in [1.29, 1.82) is 0 Å². The van der Waals surface area contributed by atoms with Gasteiger partial charge < -0.3 is 16.0 Å². The van der Waals surface area contributed by atoms with Crippen LogP contribution in [0.4, 0.5) is 5.69 Å². The zero-order chi connectivity index (χ0) is 16.3. The van der Waals surface area contributed by atoms with Crippen molar-refractivity contribution in [3.05, 3.63) is 29.8 Å². The number of benzene rings is 1. The van der Waals surface area contributed by atoms with E-state index in [9.17, 15) is 9.59 Å². The summed E-state index contributed by atoms with van der Waals surface area (Å²) < 4.78 is 0. The lowest BCUT2D eigenvalue weighted by molar-refractivity contribution is -0.126. The molecule has 24 heavy (non-hydrogen) atoms. The highest BCUT2D eigenvalue weighted by Gasteiger charge is 2.36. The van der Waals surface area contributed by atoms with Crippen molar-refractivity contribution < 1.29 is 9.59 Å². The molecule has 3 N–H and O–H groups in total. The van der Waals surface area contributed by atoms with Crippen LogP contribution in [0.15, 0.2) is 24.3 Å². The fourth-order valence-corrected chi connectivity index (χ4v) is 3.58. The predicted molar refractivity (Wildman–Crippen MR) is 97.4 cm³/mol. The summed E-state index contributed by atoms with van der Waals surface area (Å²) >= 11 is 0. The minimum absolute atomic E-state index is 0. The van der Waals surface area contributed by atoms with Gasteiger partial charge in [0.15, 0.2) is 0 Å². The maximum Gasteiger partial charge on any atom is 0.240 e. The lowest BCUT2D eigenvalue weighted by Gasteiger charge is -2.22. The Hall–Kier alpha value is -1.59. The first-order valence-corrected chi connectivity index (χ1v) is 8.56. The van der Waals surface area contributed by atoms with Gasteiger partial charge in [-0.25, -0.2) is 0 Å². The molecule has 132 valence electrons. The van der Waals surface area contributed by atoms with E-state index in [1.54, 1.807) is 0 Å². The Labute approximate surface area is 149 Å². The lowest BCUT2D eigenvalue weighted by atomic mass is 9.98. The van der Waals surface area contributed by atoms with E-state index in [4.69, 9.17) is 5.73 Å². The second-order valence-electron chi connectivity index (χ2n) is 6.65. The first-order valence-electron chi connectivity index (χ1n) is 8.56. The molecule has 1 aliphatic heterocycles. The molecule has 0 unspecified atom stereocenters. The molecule has 0 spiro atoms. The van der Waals surface area contributed by atoms with Crippen LogP contribution in [0.25, 0.3) is 0 Å². The fraction of sp³-hybridized carbons (Fsp3) is 0.556. The monoisotopic (exact) mass is 351 g/mol. The molecule has 0 aromatic heterocycles. The summed E-state index contributed by atoms with van der Waals surface area (Å²) in [6.07, 6.45) is 5.61. The summed E-state index contributed by atoms with van der Waals surface area (Å²) in [5, 5.41) is 2.90. The molecule has 3 rings (SSSR count). The normalized spacial score (nSPS) is 18.0. The maximum absolute atomic E-state index is 12.4. The van der Waals surface area contributed by atoms with Gasteiger partial charge in [-0.1, -0.05) is 31.0 Å². The SMILES string of the molecule is Cl.NC1(C(=O)NCCCC(=O)N2CCc3ccccc32)CCCC1. The summed E-state index contributed by atoms with van der Waals surface area (Å²) in [6.45, 7) is 1.27. The molecule has 2 amide bonds. The van der Waals surface area contributed by atoms with E-state index in [1.165, 1.54) is 5.56 Å². The van der Waals surface area contributed by atoms with Gasteiger partial charge in [0.1, 0.15) is 0 Å². The summed E-state index contributed by atoms with van der Waals surface area (Å²) in [6, 6.07) is 8.05. The number of nitrogens with one attached hydrogen (secondary N) is 1. The molecule has 0 radical (unpaired) electrons. The van der Waals surface area contributed by atoms with E-state index in [0.29, 0.717) is 19.4 Å². The molecule has 0 bridgehead atoms. The minimum atomic E-state index is -0.683. The third kappa shape index (κ3) is 3.90. The number of fused-ring (bicyclic) bond motifs is 1. The van der Waals surface area contributed by atoms with Crippen LogP contribution < -0.4 is 16.0 Å². The maximum atomic E-state index is 12.4. The average Bonchev–Trinajstić information content (AvgIpc) is 3.18. The fourth-order valence-electron chi connectivity index (χ4n) is 3.58. The number of nitrogens with two attached hydrogens (primary N) is 1. The van der Waals surface area contributed by atoms with Crippen molar-refractivity contribution >= 4 is 29.9 Å². The van der Waals surface area contributed by atoms with Gasteiger partial charge in [-0.3, -0.25) is 9.59 Å². The van der Waals surface area contributed by atoms with E-state index in [0.717, 1.165) is 44.3 Å². The average molecular weight is 352 g/mol. The predicted octanol–water partition coefficient (Wildman–Crippen LogP) is 2.17. The number of hydrogen-bond acceptors (Lipinski definition) is 3. The standard InChI is InChI=1S/C18H25N3O2.ClH/c19-18(10-3-4-11-18)17(23)20-12-5-8-16(22)21-13-9-14-6-1-2-7-15(14)21;/h1-2,6-7H,3-5,8-13,19H2,(H,20,23);1H. The minimum Gasteiger partial charge on any atom is -0.354 e. The number of para-hydroxylation sites is 1. The van der Waals surface area contributed by atoms with Gasteiger partial charge in [0.2, 0.25) is 11.8 Å². The Morgan fingerprint density at radius 3 is 2.67 bits per heavy atom. The van der Waals surface area contributed by atoms with Gasteiger partial charge in [0, 0.05) is 25.2 Å². The number of carbonyl (C=O) groups is 2. The number of halogens is 1. The van der Waals surface area contributed by atoms with Gasteiger partial charge in [0.25, 0.3) is 0 Å². The molecular weight excluding hydrogens is 326 g/mol. The summed E-state index contributed by atoms with van der Waals surface area (Å²) in [5.74, 6) is 0.0708. The molecule has 1 aromatic carbocycles. The van der Waals surface area contributed by atoms with Crippen LogP contribution >= 0.6 is 12.4 Å². The van der Waals surface area contributed by atoms with Gasteiger partial charge >= 0.3 is 0 Å². The van der Waals surface area contributed by atoms with Gasteiger partial charge in [-0.2, -0.15) is 0 Å². The van der Waals surface area contributed by atoms with Crippen LogP contribution in [0, 0.1) is 0 Å². The van der Waals surface area contributed by atoms with E-state index in [-0.39, 0.29) is 24.2 Å². The molecule has 0 atom stereocenters. The number of rotatable bonds is 5. The van der Waals surface area contributed by atoms with Crippen molar-refractivity contribution in [2.24, 2.45) is 5.73 Å². The smallest absolute Gasteiger partial charge is 0.240 e. The highest BCUT2D eigenvalue weighted by molar-refractivity contribution is 5.95. The molecule has 1 saturated carbocycles. The Kier molecular flexibility index (Phi) is 6.24. The van der Waals surface area contributed by atoms with Gasteiger partial charge in [-0.15, -0.1) is 12.4 Å². The van der Waals surface area contributed by atoms with Crippen LogP contribution in [0.5, 0.6) is 0 Å². The first kappa shape index (κ1) is 18.7. The highest BCUT2D eigenvalue weighted by atomic mass is 35.5. The molecule has 5 nitrogen and oxygen atoms in total. The number of nitrogens with zero attached hydrogens (tertiary/aromatic N) is 1. The van der Waals surface area contributed by atoms with Crippen LogP contribution in [0.3, 0.4) is 0 Å². The second-order valence-corrected chi connectivity index (χ2v) is 6.65. The van der Waals surface area contributed by atoms with Crippen LogP contribution in [-0.2, 0) is 16.0 Å². The third-order valence-corrected chi connectivity index (χ3v) is 4.99. The third-order valence-electron chi connectivity index (χ3n) is 4.99. The van der Waals surface area contributed by atoms with Crippen molar-refractivity contribution in [2.45, 2.75) is 50.5 Å². The molecule has 6 heteroatoms. The number of anilines is 1. The molecule has 1 aromatic rings. The summed E-state index contributed by atoms with van der Waals surface area (Å²) in [4.78, 5) is 26.3. The quantitative estimate of drug-likeness (QED) is 0.798. The van der Waals surface area contributed by atoms with Crippen LogP contribution in [-0.4, -0.2) is 30.4 Å². The van der Waals surface area contributed by atoms with Crippen molar-refractivity contribution in [3.63, 3.8) is 0 Å². The largest absolute Gasteiger partial charge is 0.354 e. The first-order chi connectivity index (χ1) is 11.1. The van der Waals surface area contributed by atoms with Crippen molar-refractivity contribution in [3.8, 4) is 0 Å². The Morgan fingerprint density at radius 1 is 1.21 bits per heavy atom. The number of hydrogen-bond donors (Lipinski definition) is 2. The Bertz CT molecular complexity index is 600. The van der Waals surface area contributed by atoms with E-state index >= 15 is 0 Å². The number of amides is 2. The molecular formula is C18H26ClN3O2. The second kappa shape index (κ2) is 7.99. The zero-order valence-electron chi connectivity index (χ0n) is 13.9. The van der Waals surface area contributed by atoms with E-state index < -0.39 is 5.54 Å². The summed E-state index contributed by atoms with van der Waals surface area (Å²) in [5.41, 5.74) is 7.70. The van der Waals surface area contributed by atoms with Crippen molar-refractivity contribution in [2.75, 3.05) is 18.0 Å². The lowest BCUT2D eigenvalue weighted by Crippen LogP contribution is -2.52. The van der Waals surface area contributed by atoms with Gasteiger partial charge in [0.05, 0.1) is 5.54 Å². The summed E-state index contributed by atoms with van der Waals surface area (Å²) in [7, 11) is 0. The Morgan fingerprint density at radius 2 is 1.92 bits per heavy atom. The molecule has 2 aliphatic rings. The molecule has 0 saturated heterocycles. The van der Waals surface area contributed by atoms with Gasteiger partial charge in [-0.05, 0) is 37.3 Å². The topological polar surface area (TPSA) is 75.4 Å². The van der Waals surface area contributed by atoms with Crippen LogP contribution in [0.2, 0.25) is 0 Å². The van der Waals surface area contributed by atoms with E-state index in [2.05, 4.69) is 11.4 Å². The highest BCUT2D eigenvalue weighted by Crippen LogP contribution is 2.28. The molecule has 1 aliphatic carbocycles. The Balaban J connectivity index is 0.00000208. The van der Waals surface area contributed by atoms with Crippen LogP contribution in [0.1, 0.15) is 44.1 Å². The number of carbonyl (C=O) groups excluding carboxylic acids is 2. The molecule has 1 fully saturated rings. The van der Waals surface area contributed by atoms with Crippen molar-refractivity contribution in [1.82, 2.24) is 5.32 Å². The van der Waals surface area contributed by atoms with E-state index in [1.807, 2.05) is 23.1 Å². The zero-order valence-corrected chi connectivity index (χ0v) is 14.7. The molecule has 1 heterocycles.